The van der Waals surface area contributed by atoms with E-state index in [1.54, 1.807) is 34.1 Å². The molecule has 1 saturated heterocycles. The topological polar surface area (TPSA) is 78.0 Å². The number of rotatable bonds is 7. The number of carbonyl (C=O) groups is 2. The van der Waals surface area contributed by atoms with Gasteiger partial charge in [0.15, 0.2) is 0 Å². The van der Waals surface area contributed by atoms with Crippen molar-refractivity contribution in [3.8, 4) is 0 Å². The van der Waals surface area contributed by atoms with Gasteiger partial charge in [-0.25, -0.2) is 8.42 Å². The normalized spacial score (nSPS) is 15.2. The van der Waals surface area contributed by atoms with Gasteiger partial charge in [-0.1, -0.05) is 18.2 Å². The Hall–Kier alpha value is -2.09. The summed E-state index contributed by atoms with van der Waals surface area (Å²) in [4.78, 5) is 26.3. The minimum atomic E-state index is -3.39. The second-order valence-corrected chi connectivity index (χ2v) is 7.70. The van der Waals surface area contributed by atoms with E-state index in [2.05, 4.69) is 0 Å². The lowest BCUT2D eigenvalue weighted by atomic mass is 10.2. The Balaban J connectivity index is 1.87. The maximum atomic E-state index is 12.2. The van der Waals surface area contributed by atoms with Gasteiger partial charge in [0, 0.05) is 39.1 Å². The molecule has 1 aliphatic rings. The van der Waals surface area contributed by atoms with E-state index in [0.29, 0.717) is 44.7 Å². The molecule has 24 heavy (non-hydrogen) atoms. The fraction of sp³-hybridized carbons (Fsp3) is 0.500. The van der Waals surface area contributed by atoms with Gasteiger partial charge in [-0.2, -0.15) is 0 Å². The largest absolute Gasteiger partial charge is 0.342 e. The first-order chi connectivity index (χ1) is 11.4. The summed E-state index contributed by atoms with van der Waals surface area (Å²) < 4.78 is 25.3. The first kappa shape index (κ1) is 18.3. The molecule has 0 spiro atoms. The predicted molar refractivity (Wildman–Crippen MR) is 92.1 cm³/mol. The SMILES string of the molecule is CS(=O)(=O)N(CCCC(=O)N1CCN(C=O)CC1)c1ccccc1. The number of benzene rings is 1. The Morgan fingerprint density at radius 2 is 1.79 bits per heavy atom. The van der Waals surface area contributed by atoms with E-state index in [9.17, 15) is 18.0 Å². The van der Waals surface area contributed by atoms with Gasteiger partial charge < -0.3 is 9.80 Å². The molecule has 1 aliphatic heterocycles. The van der Waals surface area contributed by atoms with Gasteiger partial charge in [0.1, 0.15) is 0 Å². The molecule has 1 aromatic rings. The van der Waals surface area contributed by atoms with Crippen LogP contribution in [0.15, 0.2) is 30.3 Å². The average molecular weight is 353 g/mol. The highest BCUT2D eigenvalue weighted by Gasteiger charge is 2.21. The van der Waals surface area contributed by atoms with E-state index in [0.717, 1.165) is 6.41 Å². The zero-order valence-corrected chi connectivity index (χ0v) is 14.6. The molecule has 0 unspecified atom stereocenters. The maximum Gasteiger partial charge on any atom is 0.232 e. The van der Waals surface area contributed by atoms with E-state index in [4.69, 9.17) is 0 Å². The predicted octanol–water partition coefficient (Wildman–Crippen LogP) is 0.533. The van der Waals surface area contributed by atoms with Crippen molar-refractivity contribution in [2.45, 2.75) is 12.8 Å². The van der Waals surface area contributed by atoms with Crippen molar-refractivity contribution in [2.24, 2.45) is 0 Å². The lowest BCUT2D eigenvalue weighted by Crippen LogP contribution is -2.48. The van der Waals surface area contributed by atoms with Crippen molar-refractivity contribution in [1.29, 1.82) is 0 Å². The van der Waals surface area contributed by atoms with Crippen molar-refractivity contribution in [1.82, 2.24) is 9.80 Å². The van der Waals surface area contributed by atoms with Crippen molar-refractivity contribution in [3.05, 3.63) is 30.3 Å². The molecular weight excluding hydrogens is 330 g/mol. The van der Waals surface area contributed by atoms with Gasteiger partial charge in [-0.05, 0) is 18.6 Å². The monoisotopic (exact) mass is 353 g/mol. The Morgan fingerprint density at radius 1 is 1.17 bits per heavy atom. The van der Waals surface area contributed by atoms with E-state index in [1.807, 2.05) is 6.07 Å². The van der Waals surface area contributed by atoms with Gasteiger partial charge in [0.05, 0.1) is 11.9 Å². The van der Waals surface area contributed by atoms with E-state index in [-0.39, 0.29) is 12.5 Å². The average Bonchev–Trinajstić information content (AvgIpc) is 2.58. The van der Waals surface area contributed by atoms with Gasteiger partial charge in [0.2, 0.25) is 22.3 Å². The minimum Gasteiger partial charge on any atom is -0.342 e. The number of sulfonamides is 1. The molecule has 0 N–H and O–H groups in total. The summed E-state index contributed by atoms with van der Waals surface area (Å²) in [7, 11) is -3.39. The van der Waals surface area contributed by atoms with E-state index in [1.165, 1.54) is 10.6 Å². The first-order valence-corrected chi connectivity index (χ1v) is 9.76. The number of hydrogen-bond donors (Lipinski definition) is 0. The van der Waals surface area contributed by atoms with Crippen molar-refractivity contribution >= 4 is 28.0 Å². The van der Waals surface area contributed by atoms with Crippen molar-refractivity contribution in [2.75, 3.05) is 43.3 Å². The van der Waals surface area contributed by atoms with Crippen LogP contribution in [0.5, 0.6) is 0 Å². The molecule has 8 heteroatoms. The smallest absolute Gasteiger partial charge is 0.232 e. The van der Waals surface area contributed by atoms with Crippen molar-refractivity contribution in [3.63, 3.8) is 0 Å². The maximum absolute atomic E-state index is 12.2. The number of amides is 2. The summed E-state index contributed by atoms with van der Waals surface area (Å²) in [6, 6.07) is 8.87. The highest BCUT2D eigenvalue weighted by Crippen LogP contribution is 2.17. The molecular formula is C16H23N3O4S. The molecule has 2 rings (SSSR count). The van der Waals surface area contributed by atoms with Gasteiger partial charge in [-0.15, -0.1) is 0 Å². The first-order valence-electron chi connectivity index (χ1n) is 7.91. The highest BCUT2D eigenvalue weighted by molar-refractivity contribution is 7.92. The molecule has 1 heterocycles. The quantitative estimate of drug-likeness (QED) is 0.670. The fourth-order valence-corrected chi connectivity index (χ4v) is 3.65. The molecule has 0 saturated carbocycles. The number of hydrogen-bond acceptors (Lipinski definition) is 4. The number of para-hydroxylation sites is 1. The van der Waals surface area contributed by atoms with Crippen LogP contribution in [0.4, 0.5) is 5.69 Å². The third-order valence-electron chi connectivity index (χ3n) is 4.01. The molecule has 0 atom stereocenters. The molecule has 0 bridgehead atoms. The summed E-state index contributed by atoms with van der Waals surface area (Å²) in [5.41, 5.74) is 0.604. The summed E-state index contributed by atoms with van der Waals surface area (Å²) in [5, 5.41) is 0. The lowest BCUT2D eigenvalue weighted by Gasteiger charge is -2.32. The number of piperazine rings is 1. The van der Waals surface area contributed by atoms with Crippen LogP contribution in [0.2, 0.25) is 0 Å². The minimum absolute atomic E-state index is 0.00191. The third-order valence-corrected chi connectivity index (χ3v) is 5.21. The van der Waals surface area contributed by atoms with Gasteiger partial charge >= 0.3 is 0 Å². The number of anilines is 1. The molecule has 7 nitrogen and oxygen atoms in total. The van der Waals surface area contributed by atoms with Gasteiger partial charge in [0.25, 0.3) is 0 Å². The van der Waals surface area contributed by atoms with E-state index < -0.39 is 10.0 Å². The summed E-state index contributed by atoms with van der Waals surface area (Å²) in [5.74, 6) is 0.00191. The summed E-state index contributed by atoms with van der Waals surface area (Å²) in [6.07, 6.45) is 2.71. The lowest BCUT2D eigenvalue weighted by molar-refractivity contribution is -0.135. The number of carbonyl (C=O) groups excluding carboxylic acids is 2. The Bertz CT molecular complexity index is 655. The van der Waals surface area contributed by atoms with Crippen LogP contribution in [-0.4, -0.2) is 69.5 Å². The molecule has 132 valence electrons. The summed E-state index contributed by atoms with van der Waals surface area (Å²) in [6.45, 7) is 2.43. The Kier molecular flexibility index (Phi) is 6.19. The second-order valence-electron chi connectivity index (χ2n) is 5.80. The molecule has 1 fully saturated rings. The molecule has 0 aliphatic carbocycles. The third kappa shape index (κ3) is 4.95. The highest BCUT2D eigenvalue weighted by atomic mass is 32.2. The Labute approximate surface area is 142 Å². The molecule has 2 amide bonds. The van der Waals surface area contributed by atoms with Crippen LogP contribution in [0, 0.1) is 0 Å². The van der Waals surface area contributed by atoms with Crippen LogP contribution >= 0.6 is 0 Å². The van der Waals surface area contributed by atoms with E-state index >= 15 is 0 Å². The van der Waals surface area contributed by atoms with Crippen LogP contribution in [0.1, 0.15) is 12.8 Å². The van der Waals surface area contributed by atoms with Gasteiger partial charge in [-0.3, -0.25) is 13.9 Å². The fourth-order valence-electron chi connectivity index (χ4n) is 2.69. The van der Waals surface area contributed by atoms with Crippen LogP contribution in [0.3, 0.4) is 0 Å². The van der Waals surface area contributed by atoms with Crippen LogP contribution in [0.25, 0.3) is 0 Å². The molecule has 0 radical (unpaired) electrons. The zero-order chi connectivity index (χ0) is 17.6. The van der Waals surface area contributed by atoms with Crippen LogP contribution < -0.4 is 4.31 Å². The summed E-state index contributed by atoms with van der Waals surface area (Å²) >= 11 is 0. The molecule has 0 aromatic heterocycles. The van der Waals surface area contributed by atoms with Crippen molar-refractivity contribution < 1.29 is 18.0 Å². The number of nitrogens with zero attached hydrogens (tertiary/aromatic N) is 3. The Morgan fingerprint density at radius 3 is 2.33 bits per heavy atom. The molecule has 1 aromatic carbocycles. The zero-order valence-electron chi connectivity index (χ0n) is 13.8. The van der Waals surface area contributed by atoms with Crippen LogP contribution in [-0.2, 0) is 19.6 Å². The second kappa shape index (κ2) is 8.14. The standard InChI is InChI=1S/C16H23N3O4S/c1-24(22,23)19(15-6-3-2-4-7-15)9-5-8-16(21)18-12-10-17(14-20)11-13-18/h2-4,6-7,14H,5,8-13H2,1H3.